The molecule has 11 heavy (non-hydrogen) atoms. The lowest BCUT2D eigenvalue weighted by atomic mass is 10.0. The molecular formula is C10H20O. The van der Waals surface area contributed by atoms with Crippen LogP contribution in [0.1, 0.15) is 39.5 Å². The highest BCUT2D eigenvalue weighted by Crippen LogP contribution is 2.12. The molecule has 1 heteroatoms. The summed E-state index contributed by atoms with van der Waals surface area (Å²) in [7, 11) is 0. The van der Waals surface area contributed by atoms with E-state index in [-0.39, 0.29) is 0 Å². The van der Waals surface area contributed by atoms with E-state index in [9.17, 15) is 0 Å². The van der Waals surface area contributed by atoms with Gasteiger partial charge in [0.05, 0.1) is 12.9 Å². The van der Waals surface area contributed by atoms with Crippen LogP contribution in [0, 0.1) is 5.92 Å². The zero-order valence-electron chi connectivity index (χ0n) is 7.81. The smallest absolute Gasteiger partial charge is 0.0901 e. The van der Waals surface area contributed by atoms with Crippen LogP contribution in [-0.4, -0.2) is 6.61 Å². The van der Waals surface area contributed by atoms with Gasteiger partial charge in [-0.25, -0.2) is 0 Å². The van der Waals surface area contributed by atoms with E-state index in [1.807, 2.05) is 0 Å². The average molecular weight is 156 g/mol. The van der Waals surface area contributed by atoms with Crippen LogP contribution < -0.4 is 0 Å². The SMILES string of the molecule is C=COCC(CC)CCCC. The van der Waals surface area contributed by atoms with Crippen LogP contribution in [0.15, 0.2) is 12.8 Å². The lowest BCUT2D eigenvalue weighted by Gasteiger charge is -2.12. The third-order valence-corrected chi connectivity index (χ3v) is 1.99. The first-order valence-corrected chi connectivity index (χ1v) is 4.57. The van der Waals surface area contributed by atoms with Gasteiger partial charge in [-0.05, 0) is 12.3 Å². The van der Waals surface area contributed by atoms with Gasteiger partial charge in [0.15, 0.2) is 0 Å². The normalized spacial score (nSPS) is 12.5. The van der Waals surface area contributed by atoms with Crippen molar-refractivity contribution in [2.24, 2.45) is 5.92 Å². The van der Waals surface area contributed by atoms with Crippen molar-refractivity contribution in [3.63, 3.8) is 0 Å². The molecule has 0 aliphatic heterocycles. The maximum absolute atomic E-state index is 5.15. The van der Waals surface area contributed by atoms with Crippen LogP contribution in [0.25, 0.3) is 0 Å². The van der Waals surface area contributed by atoms with Gasteiger partial charge in [-0.15, -0.1) is 0 Å². The van der Waals surface area contributed by atoms with Crippen molar-refractivity contribution in [3.05, 3.63) is 12.8 Å². The van der Waals surface area contributed by atoms with Crippen molar-refractivity contribution in [2.45, 2.75) is 39.5 Å². The van der Waals surface area contributed by atoms with E-state index in [0.29, 0.717) is 0 Å². The Labute approximate surface area is 70.4 Å². The summed E-state index contributed by atoms with van der Waals surface area (Å²) in [5.41, 5.74) is 0. The third-order valence-electron chi connectivity index (χ3n) is 1.99. The Morgan fingerprint density at radius 1 is 1.45 bits per heavy atom. The van der Waals surface area contributed by atoms with Crippen molar-refractivity contribution >= 4 is 0 Å². The molecule has 0 fully saturated rings. The highest BCUT2D eigenvalue weighted by molar-refractivity contribution is 4.58. The number of unbranched alkanes of at least 4 members (excludes halogenated alkanes) is 1. The van der Waals surface area contributed by atoms with Crippen molar-refractivity contribution < 1.29 is 4.74 Å². The molecular weight excluding hydrogens is 136 g/mol. The average Bonchev–Trinajstić information content (AvgIpc) is 2.05. The molecule has 1 unspecified atom stereocenters. The Kier molecular flexibility index (Phi) is 7.33. The molecule has 0 aliphatic rings. The van der Waals surface area contributed by atoms with E-state index in [2.05, 4.69) is 20.4 Å². The van der Waals surface area contributed by atoms with Crippen LogP contribution in [0.2, 0.25) is 0 Å². The fourth-order valence-electron chi connectivity index (χ4n) is 1.10. The zero-order chi connectivity index (χ0) is 8.53. The van der Waals surface area contributed by atoms with E-state index in [1.54, 1.807) is 0 Å². The van der Waals surface area contributed by atoms with E-state index in [1.165, 1.54) is 31.9 Å². The van der Waals surface area contributed by atoms with Crippen LogP contribution in [0.4, 0.5) is 0 Å². The summed E-state index contributed by atoms with van der Waals surface area (Å²) in [5, 5.41) is 0. The minimum Gasteiger partial charge on any atom is -0.502 e. The first-order chi connectivity index (χ1) is 5.35. The summed E-state index contributed by atoms with van der Waals surface area (Å²) < 4.78 is 5.15. The van der Waals surface area contributed by atoms with Gasteiger partial charge in [-0.2, -0.15) is 0 Å². The molecule has 0 spiro atoms. The predicted molar refractivity (Wildman–Crippen MR) is 49.5 cm³/mol. The van der Waals surface area contributed by atoms with Gasteiger partial charge in [-0.3, -0.25) is 0 Å². The molecule has 66 valence electrons. The fourth-order valence-corrected chi connectivity index (χ4v) is 1.10. The standard InChI is InChI=1S/C10H20O/c1-4-7-8-10(5-2)9-11-6-3/h6,10H,3-5,7-9H2,1-2H3. The number of hydrogen-bond acceptors (Lipinski definition) is 1. The van der Waals surface area contributed by atoms with Crippen LogP contribution in [-0.2, 0) is 4.74 Å². The zero-order valence-corrected chi connectivity index (χ0v) is 7.81. The van der Waals surface area contributed by atoms with Gasteiger partial charge in [0.25, 0.3) is 0 Å². The summed E-state index contributed by atoms with van der Waals surface area (Å²) in [6, 6.07) is 0. The Hall–Kier alpha value is -0.460. The number of hydrogen-bond donors (Lipinski definition) is 0. The van der Waals surface area contributed by atoms with Gasteiger partial charge in [0.2, 0.25) is 0 Å². The fraction of sp³-hybridized carbons (Fsp3) is 0.800. The van der Waals surface area contributed by atoms with Gasteiger partial charge in [-0.1, -0.05) is 39.7 Å². The van der Waals surface area contributed by atoms with Gasteiger partial charge in [0.1, 0.15) is 0 Å². The lowest BCUT2D eigenvalue weighted by molar-refractivity contribution is 0.184. The van der Waals surface area contributed by atoms with E-state index >= 15 is 0 Å². The summed E-state index contributed by atoms with van der Waals surface area (Å²) in [6.07, 6.45) is 6.65. The second kappa shape index (κ2) is 7.64. The van der Waals surface area contributed by atoms with Crippen LogP contribution >= 0.6 is 0 Å². The minimum atomic E-state index is 0.730. The lowest BCUT2D eigenvalue weighted by Crippen LogP contribution is -2.05. The summed E-state index contributed by atoms with van der Waals surface area (Å²) >= 11 is 0. The van der Waals surface area contributed by atoms with E-state index < -0.39 is 0 Å². The molecule has 0 heterocycles. The summed E-state index contributed by atoms with van der Waals surface area (Å²) in [5.74, 6) is 0.730. The number of rotatable bonds is 7. The van der Waals surface area contributed by atoms with Crippen molar-refractivity contribution in [1.82, 2.24) is 0 Å². The Morgan fingerprint density at radius 2 is 2.18 bits per heavy atom. The minimum absolute atomic E-state index is 0.730. The molecule has 0 radical (unpaired) electrons. The summed E-state index contributed by atoms with van der Waals surface area (Å²) in [4.78, 5) is 0. The largest absolute Gasteiger partial charge is 0.502 e. The van der Waals surface area contributed by atoms with Gasteiger partial charge in [0, 0.05) is 0 Å². The first-order valence-electron chi connectivity index (χ1n) is 4.57. The third kappa shape index (κ3) is 5.96. The van der Waals surface area contributed by atoms with Gasteiger partial charge >= 0.3 is 0 Å². The molecule has 0 amide bonds. The Bertz CT molecular complexity index is 88.9. The highest BCUT2D eigenvalue weighted by atomic mass is 16.5. The molecule has 0 aliphatic carbocycles. The van der Waals surface area contributed by atoms with Crippen molar-refractivity contribution in [3.8, 4) is 0 Å². The topological polar surface area (TPSA) is 9.23 Å². The maximum Gasteiger partial charge on any atom is 0.0901 e. The second-order valence-corrected chi connectivity index (χ2v) is 2.92. The predicted octanol–water partition coefficient (Wildman–Crippen LogP) is 3.36. The molecule has 0 bridgehead atoms. The second-order valence-electron chi connectivity index (χ2n) is 2.92. The Balaban J connectivity index is 3.32. The molecule has 0 aromatic carbocycles. The molecule has 0 aromatic heterocycles. The highest BCUT2D eigenvalue weighted by Gasteiger charge is 2.04. The Morgan fingerprint density at radius 3 is 2.64 bits per heavy atom. The van der Waals surface area contributed by atoms with E-state index in [4.69, 9.17) is 4.74 Å². The number of ether oxygens (including phenoxy) is 1. The monoisotopic (exact) mass is 156 g/mol. The molecule has 0 aromatic rings. The van der Waals surface area contributed by atoms with Crippen LogP contribution in [0.3, 0.4) is 0 Å². The molecule has 0 N–H and O–H groups in total. The molecule has 0 saturated heterocycles. The quantitative estimate of drug-likeness (QED) is 0.513. The van der Waals surface area contributed by atoms with E-state index in [0.717, 1.165) is 12.5 Å². The first kappa shape index (κ1) is 10.5. The van der Waals surface area contributed by atoms with Crippen molar-refractivity contribution in [2.75, 3.05) is 6.61 Å². The molecule has 1 nitrogen and oxygen atoms in total. The van der Waals surface area contributed by atoms with Crippen molar-refractivity contribution in [1.29, 1.82) is 0 Å². The molecule has 1 atom stereocenters. The summed E-state index contributed by atoms with van der Waals surface area (Å²) in [6.45, 7) is 8.81. The van der Waals surface area contributed by atoms with Gasteiger partial charge < -0.3 is 4.74 Å². The maximum atomic E-state index is 5.15. The molecule has 0 saturated carbocycles. The molecule has 0 rings (SSSR count). The van der Waals surface area contributed by atoms with Crippen LogP contribution in [0.5, 0.6) is 0 Å².